The molecule has 0 amide bonds. The van der Waals surface area contributed by atoms with Crippen molar-refractivity contribution < 1.29 is 9.13 Å². The Kier molecular flexibility index (Phi) is 5.17. The van der Waals surface area contributed by atoms with Crippen molar-refractivity contribution in [2.24, 2.45) is 5.41 Å². The minimum absolute atomic E-state index is 0.167. The van der Waals surface area contributed by atoms with E-state index in [1.807, 2.05) is 23.5 Å². The van der Waals surface area contributed by atoms with Crippen molar-refractivity contribution in [2.45, 2.75) is 19.5 Å². The third-order valence-electron chi connectivity index (χ3n) is 5.32. The number of thiophene rings is 1. The average Bonchev–Trinajstić information content (AvgIpc) is 3.20. The predicted octanol–water partition coefficient (Wildman–Crippen LogP) is 3.61. The summed E-state index contributed by atoms with van der Waals surface area (Å²) in [6.07, 6.45) is 1.19. The fourth-order valence-electron chi connectivity index (χ4n) is 4.10. The Morgan fingerprint density at radius 3 is 2.60 bits per heavy atom. The fraction of sp³-hybridized carbons (Fsp3) is 0.500. The lowest BCUT2D eigenvalue weighted by atomic mass is 9.87. The van der Waals surface area contributed by atoms with Crippen molar-refractivity contribution in [1.82, 2.24) is 9.80 Å². The molecule has 1 atom stereocenters. The SMILES string of the molecule is Fc1ccc(CN2CCOC[C@@]3(CCN(Cc4cccs4)C3)C2)cc1. The molecule has 5 heteroatoms. The molecule has 0 radical (unpaired) electrons. The third kappa shape index (κ3) is 4.29. The summed E-state index contributed by atoms with van der Waals surface area (Å²) >= 11 is 1.84. The van der Waals surface area contributed by atoms with Crippen molar-refractivity contribution >= 4 is 11.3 Å². The molecule has 3 nitrogen and oxygen atoms in total. The van der Waals surface area contributed by atoms with Gasteiger partial charge in [-0.25, -0.2) is 4.39 Å². The largest absolute Gasteiger partial charge is 0.379 e. The van der Waals surface area contributed by atoms with Crippen molar-refractivity contribution in [2.75, 3.05) is 39.4 Å². The second-order valence-electron chi connectivity index (χ2n) is 7.43. The van der Waals surface area contributed by atoms with E-state index >= 15 is 0 Å². The number of nitrogens with zero attached hydrogens (tertiary/aromatic N) is 2. The first-order valence-electron chi connectivity index (χ1n) is 9.00. The number of halogens is 1. The molecule has 2 aliphatic heterocycles. The van der Waals surface area contributed by atoms with Crippen LogP contribution in [0.25, 0.3) is 0 Å². The Morgan fingerprint density at radius 1 is 1.04 bits per heavy atom. The second kappa shape index (κ2) is 7.54. The molecule has 0 N–H and O–H groups in total. The van der Waals surface area contributed by atoms with E-state index in [4.69, 9.17) is 4.74 Å². The fourth-order valence-corrected chi connectivity index (χ4v) is 4.84. The first-order valence-corrected chi connectivity index (χ1v) is 9.88. The molecule has 134 valence electrons. The van der Waals surface area contributed by atoms with Crippen molar-refractivity contribution in [3.05, 3.63) is 58.0 Å². The van der Waals surface area contributed by atoms with E-state index in [0.717, 1.165) is 52.5 Å². The van der Waals surface area contributed by atoms with E-state index in [0.29, 0.717) is 0 Å². The molecule has 0 aliphatic carbocycles. The lowest BCUT2D eigenvalue weighted by Gasteiger charge is -2.32. The van der Waals surface area contributed by atoms with Gasteiger partial charge in [-0.2, -0.15) is 0 Å². The number of hydrogen-bond acceptors (Lipinski definition) is 4. The topological polar surface area (TPSA) is 15.7 Å². The highest BCUT2D eigenvalue weighted by Crippen LogP contribution is 2.35. The Balaban J connectivity index is 1.40. The summed E-state index contributed by atoms with van der Waals surface area (Å²) in [5.74, 6) is -0.167. The van der Waals surface area contributed by atoms with Gasteiger partial charge in [-0.15, -0.1) is 11.3 Å². The van der Waals surface area contributed by atoms with Gasteiger partial charge in [-0.3, -0.25) is 9.80 Å². The van der Waals surface area contributed by atoms with Gasteiger partial charge in [0.2, 0.25) is 0 Å². The first-order chi connectivity index (χ1) is 12.2. The monoisotopic (exact) mass is 360 g/mol. The van der Waals surface area contributed by atoms with E-state index < -0.39 is 0 Å². The molecular formula is C20H25FN2OS. The van der Waals surface area contributed by atoms with Crippen LogP contribution < -0.4 is 0 Å². The molecule has 3 heterocycles. The van der Waals surface area contributed by atoms with Gasteiger partial charge in [-0.1, -0.05) is 18.2 Å². The van der Waals surface area contributed by atoms with Crippen LogP contribution in [0.3, 0.4) is 0 Å². The Labute approximate surface area is 153 Å². The highest BCUT2D eigenvalue weighted by molar-refractivity contribution is 7.09. The van der Waals surface area contributed by atoms with Crippen LogP contribution in [0.5, 0.6) is 0 Å². The lowest BCUT2D eigenvalue weighted by Crippen LogP contribution is -2.40. The summed E-state index contributed by atoms with van der Waals surface area (Å²) in [4.78, 5) is 6.49. The number of ether oxygens (including phenoxy) is 1. The Hall–Kier alpha value is -1.27. The maximum atomic E-state index is 13.1. The molecule has 2 fully saturated rings. The van der Waals surface area contributed by atoms with Crippen LogP contribution >= 0.6 is 11.3 Å². The molecule has 4 rings (SSSR count). The molecule has 25 heavy (non-hydrogen) atoms. The van der Waals surface area contributed by atoms with Crippen molar-refractivity contribution in [1.29, 1.82) is 0 Å². The maximum Gasteiger partial charge on any atom is 0.123 e. The van der Waals surface area contributed by atoms with Gasteiger partial charge in [0.1, 0.15) is 5.82 Å². The van der Waals surface area contributed by atoms with Gasteiger partial charge in [0, 0.05) is 43.0 Å². The number of hydrogen-bond donors (Lipinski definition) is 0. The van der Waals surface area contributed by atoms with Gasteiger partial charge in [0.25, 0.3) is 0 Å². The van der Waals surface area contributed by atoms with Crippen molar-refractivity contribution in [3.63, 3.8) is 0 Å². The number of likely N-dealkylation sites (tertiary alicyclic amines) is 1. The minimum Gasteiger partial charge on any atom is -0.379 e. The molecule has 0 saturated carbocycles. The van der Waals surface area contributed by atoms with Crippen LogP contribution in [0.15, 0.2) is 41.8 Å². The summed E-state index contributed by atoms with van der Waals surface area (Å²) in [6, 6.07) is 11.2. The Morgan fingerprint density at radius 2 is 1.84 bits per heavy atom. The Bertz CT molecular complexity index is 676. The zero-order chi connectivity index (χ0) is 17.1. The van der Waals surface area contributed by atoms with E-state index in [2.05, 4.69) is 27.3 Å². The molecule has 0 unspecified atom stereocenters. The quantitative estimate of drug-likeness (QED) is 0.828. The minimum atomic E-state index is -0.167. The van der Waals surface area contributed by atoms with Crippen LogP contribution in [-0.4, -0.2) is 49.2 Å². The van der Waals surface area contributed by atoms with Crippen LogP contribution in [-0.2, 0) is 17.8 Å². The zero-order valence-corrected chi connectivity index (χ0v) is 15.3. The second-order valence-corrected chi connectivity index (χ2v) is 8.46. The van der Waals surface area contributed by atoms with E-state index in [1.165, 1.54) is 16.9 Å². The van der Waals surface area contributed by atoms with Crippen LogP contribution in [0.4, 0.5) is 4.39 Å². The molecule has 2 saturated heterocycles. The third-order valence-corrected chi connectivity index (χ3v) is 6.18. The predicted molar refractivity (Wildman–Crippen MR) is 99.1 cm³/mol. The molecule has 2 aliphatic rings. The van der Waals surface area contributed by atoms with Gasteiger partial charge in [-0.05, 0) is 42.1 Å². The first kappa shape index (κ1) is 17.2. The van der Waals surface area contributed by atoms with Crippen LogP contribution in [0.1, 0.15) is 16.9 Å². The van der Waals surface area contributed by atoms with Gasteiger partial charge in [0.15, 0.2) is 0 Å². The zero-order valence-electron chi connectivity index (χ0n) is 14.5. The highest BCUT2D eigenvalue weighted by atomic mass is 32.1. The van der Waals surface area contributed by atoms with Crippen LogP contribution in [0.2, 0.25) is 0 Å². The molecule has 1 aromatic heterocycles. The van der Waals surface area contributed by atoms with Gasteiger partial charge in [0.05, 0.1) is 13.2 Å². The molecule has 0 bridgehead atoms. The van der Waals surface area contributed by atoms with Gasteiger partial charge < -0.3 is 4.74 Å². The van der Waals surface area contributed by atoms with E-state index in [-0.39, 0.29) is 11.2 Å². The summed E-state index contributed by atoms with van der Waals surface area (Å²) in [6.45, 7) is 7.82. The highest BCUT2D eigenvalue weighted by Gasteiger charge is 2.41. The lowest BCUT2D eigenvalue weighted by molar-refractivity contribution is 0.0707. The smallest absolute Gasteiger partial charge is 0.123 e. The van der Waals surface area contributed by atoms with E-state index in [9.17, 15) is 4.39 Å². The summed E-state index contributed by atoms with van der Waals surface area (Å²) < 4.78 is 19.1. The van der Waals surface area contributed by atoms with E-state index in [1.54, 1.807) is 12.1 Å². The molecular weight excluding hydrogens is 335 g/mol. The molecule has 1 spiro atoms. The number of benzene rings is 1. The van der Waals surface area contributed by atoms with Crippen LogP contribution in [0, 0.1) is 11.2 Å². The summed E-state index contributed by atoms with van der Waals surface area (Å²) in [5.41, 5.74) is 1.40. The normalized spacial score (nSPS) is 25.5. The maximum absolute atomic E-state index is 13.1. The molecule has 2 aromatic rings. The average molecular weight is 360 g/mol. The standard InChI is InChI=1S/C20H25FN2OS/c21-18-5-3-17(4-6-18)12-23-9-10-24-16-20(15-23)7-8-22(14-20)13-19-2-1-11-25-19/h1-6,11H,7-10,12-16H2/t20-/m1/s1. The molecule has 1 aromatic carbocycles. The van der Waals surface area contributed by atoms with Gasteiger partial charge >= 0.3 is 0 Å². The van der Waals surface area contributed by atoms with Crippen molar-refractivity contribution in [3.8, 4) is 0 Å². The number of rotatable bonds is 4. The summed E-state index contributed by atoms with van der Waals surface area (Å²) in [7, 11) is 0. The summed E-state index contributed by atoms with van der Waals surface area (Å²) in [5, 5.41) is 2.15.